The molecular weight excluding hydrogens is 490 g/mol. The van der Waals surface area contributed by atoms with Crippen LogP contribution in [0.2, 0.25) is 0 Å². The third kappa shape index (κ3) is 5.00. The molecule has 198 valence electrons. The zero-order valence-corrected chi connectivity index (χ0v) is 22.1. The first kappa shape index (κ1) is 24.8. The van der Waals surface area contributed by atoms with E-state index in [-0.39, 0.29) is 17.4 Å². The molecular formula is C30H32N7O2+. The maximum Gasteiger partial charge on any atom is 0.258 e. The van der Waals surface area contributed by atoms with Crippen molar-refractivity contribution in [1.29, 1.82) is 0 Å². The van der Waals surface area contributed by atoms with Crippen molar-refractivity contribution >= 4 is 16.6 Å². The molecule has 0 spiro atoms. The number of fused-ring (bicyclic) bond motifs is 1. The molecule has 1 saturated heterocycles. The molecule has 1 aliphatic rings. The summed E-state index contributed by atoms with van der Waals surface area (Å²) in [4.78, 5) is 20.4. The van der Waals surface area contributed by atoms with Gasteiger partial charge < -0.3 is 19.9 Å². The van der Waals surface area contributed by atoms with Gasteiger partial charge >= 0.3 is 0 Å². The summed E-state index contributed by atoms with van der Waals surface area (Å²) in [5, 5.41) is 23.6. The van der Waals surface area contributed by atoms with Crippen molar-refractivity contribution in [2.24, 2.45) is 0 Å². The summed E-state index contributed by atoms with van der Waals surface area (Å²) in [7, 11) is 0. The fourth-order valence-electron chi connectivity index (χ4n) is 5.75. The van der Waals surface area contributed by atoms with Gasteiger partial charge in [0.25, 0.3) is 5.56 Å². The van der Waals surface area contributed by atoms with Crippen molar-refractivity contribution in [1.82, 2.24) is 25.2 Å². The van der Waals surface area contributed by atoms with Crippen LogP contribution in [0.3, 0.4) is 0 Å². The minimum absolute atomic E-state index is 0.109. The van der Waals surface area contributed by atoms with Crippen molar-refractivity contribution in [3.8, 4) is 5.75 Å². The Bertz CT molecular complexity index is 1650. The van der Waals surface area contributed by atoms with E-state index in [2.05, 4.69) is 56.6 Å². The number of phenolic OH excluding ortho intramolecular Hbond substituents is 1. The highest BCUT2D eigenvalue weighted by molar-refractivity contribution is 5.83. The van der Waals surface area contributed by atoms with Crippen LogP contribution < -0.4 is 15.4 Å². The second-order valence-electron chi connectivity index (χ2n) is 10.4. The molecule has 9 heteroatoms. The van der Waals surface area contributed by atoms with E-state index >= 15 is 0 Å². The molecule has 0 saturated carbocycles. The molecule has 0 aliphatic carbocycles. The van der Waals surface area contributed by atoms with Gasteiger partial charge in [0.15, 0.2) is 6.04 Å². The Morgan fingerprint density at radius 3 is 2.49 bits per heavy atom. The van der Waals surface area contributed by atoms with Crippen LogP contribution in [0.25, 0.3) is 10.9 Å². The van der Waals surface area contributed by atoms with Gasteiger partial charge in [0, 0.05) is 5.69 Å². The second-order valence-corrected chi connectivity index (χ2v) is 10.4. The van der Waals surface area contributed by atoms with Crippen molar-refractivity contribution in [3.05, 3.63) is 111 Å². The van der Waals surface area contributed by atoms with E-state index in [1.54, 1.807) is 12.1 Å². The van der Waals surface area contributed by atoms with Crippen LogP contribution in [-0.4, -0.2) is 56.5 Å². The molecule has 9 nitrogen and oxygen atoms in total. The van der Waals surface area contributed by atoms with Gasteiger partial charge in [0.2, 0.25) is 5.82 Å². The fourth-order valence-corrected chi connectivity index (χ4v) is 5.75. The van der Waals surface area contributed by atoms with Gasteiger partial charge in [-0.1, -0.05) is 42.0 Å². The van der Waals surface area contributed by atoms with E-state index in [1.807, 2.05) is 48.0 Å². The smallest absolute Gasteiger partial charge is 0.258 e. The summed E-state index contributed by atoms with van der Waals surface area (Å²) in [5.74, 6) is 0.940. The molecule has 1 atom stereocenters. The number of benzene rings is 3. The number of aryl methyl sites for hydroxylation is 2. The lowest BCUT2D eigenvalue weighted by Gasteiger charge is -2.37. The van der Waals surface area contributed by atoms with E-state index < -0.39 is 0 Å². The Hall–Kier alpha value is -4.50. The second kappa shape index (κ2) is 10.3. The number of aromatic amines is 1. The number of tetrazole rings is 1. The fraction of sp³-hybridized carbons (Fsp3) is 0.267. The van der Waals surface area contributed by atoms with E-state index in [1.165, 1.54) is 4.90 Å². The molecule has 0 unspecified atom stereocenters. The topological polar surface area (TPSA) is 104 Å². The number of nitrogens with one attached hydrogen (secondary N) is 2. The SMILES string of the molecule is Cc1cc(C)c2[nH]c(=O)c([C@@H](c3nnnn3Cc3ccccc3)[NH+]3CCN(c4ccc(O)cc4)CC3)cc2c1. The highest BCUT2D eigenvalue weighted by atomic mass is 16.3. The average molecular weight is 523 g/mol. The van der Waals surface area contributed by atoms with Crippen molar-refractivity contribution in [2.45, 2.75) is 26.4 Å². The lowest BCUT2D eigenvalue weighted by atomic mass is 10.00. The first-order valence-electron chi connectivity index (χ1n) is 13.3. The maximum atomic E-state index is 13.7. The number of nitrogens with zero attached hydrogens (tertiary/aromatic N) is 5. The maximum absolute atomic E-state index is 13.7. The molecule has 3 heterocycles. The molecule has 39 heavy (non-hydrogen) atoms. The molecule has 5 aromatic rings. The van der Waals surface area contributed by atoms with Crippen LogP contribution in [-0.2, 0) is 6.54 Å². The Balaban J connectivity index is 1.40. The molecule has 0 bridgehead atoms. The summed E-state index contributed by atoms with van der Waals surface area (Å²) in [6.07, 6.45) is 0. The van der Waals surface area contributed by atoms with Crippen LogP contribution >= 0.6 is 0 Å². The number of aromatic hydroxyl groups is 1. The lowest BCUT2D eigenvalue weighted by molar-refractivity contribution is -0.927. The van der Waals surface area contributed by atoms with Crippen LogP contribution in [0.4, 0.5) is 5.69 Å². The molecule has 0 amide bonds. The number of phenols is 1. The van der Waals surface area contributed by atoms with Gasteiger partial charge in [0.05, 0.1) is 43.8 Å². The van der Waals surface area contributed by atoms with Crippen LogP contribution in [0.15, 0.2) is 77.6 Å². The van der Waals surface area contributed by atoms with Gasteiger partial charge in [0.1, 0.15) is 5.75 Å². The largest absolute Gasteiger partial charge is 0.508 e. The predicted molar refractivity (Wildman–Crippen MR) is 150 cm³/mol. The number of quaternary nitrogens is 1. The van der Waals surface area contributed by atoms with Gasteiger partial charge in [-0.15, -0.1) is 5.10 Å². The van der Waals surface area contributed by atoms with E-state index in [0.717, 1.165) is 59.5 Å². The minimum atomic E-state index is -0.334. The molecule has 1 fully saturated rings. The monoisotopic (exact) mass is 522 g/mol. The first-order chi connectivity index (χ1) is 19.0. The number of H-pyrrole nitrogens is 1. The highest BCUT2D eigenvalue weighted by Gasteiger charge is 2.36. The van der Waals surface area contributed by atoms with Crippen molar-refractivity contribution in [2.75, 3.05) is 31.1 Å². The van der Waals surface area contributed by atoms with Crippen LogP contribution in [0, 0.1) is 13.8 Å². The van der Waals surface area contributed by atoms with E-state index in [9.17, 15) is 9.90 Å². The highest BCUT2D eigenvalue weighted by Crippen LogP contribution is 2.23. The lowest BCUT2D eigenvalue weighted by Crippen LogP contribution is -3.15. The Morgan fingerprint density at radius 2 is 1.74 bits per heavy atom. The molecule has 3 aromatic carbocycles. The molecule has 6 rings (SSSR count). The van der Waals surface area contributed by atoms with Crippen LogP contribution in [0.1, 0.15) is 34.1 Å². The van der Waals surface area contributed by atoms with Gasteiger partial charge in [-0.2, -0.15) is 0 Å². The Morgan fingerprint density at radius 1 is 1.00 bits per heavy atom. The zero-order chi connectivity index (χ0) is 26.9. The third-order valence-corrected chi connectivity index (χ3v) is 7.65. The van der Waals surface area contributed by atoms with Gasteiger partial charge in [-0.25, -0.2) is 4.68 Å². The Kier molecular flexibility index (Phi) is 6.58. The van der Waals surface area contributed by atoms with Crippen molar-refractivity contribution < 1.29 is 10.0 Å². The Labute approximate surface area is 226 Å². The summed E-state index contributed by atoms with van der Waals surface area (Å²) in [5.41, 5.74) is 5.80. The first-order valence-corrected chi connectivity index (χ1v) is 13.3. The molecule has 0 radical (unpaired) electrons. The van der Waals surface area contributed by atoms with Crippen molar-refractivity contribution in [3.63, 3.8) is 0 Å². The molecule has 2 aromatic heterocycles. The third-order valence-electron chi connectivity index (χ3n) is 7.65. The number of pyridine rings is 1. The number of piperazine rings is 1. The predicted octanol–water partition coefficient (Wildman–Crippen LogP) is 2.38. The average Bonchev–Trinajstić information content (AvgIpc) is 3.38. The number of anilines is 1. The molecule has 3 N–H and O–H groups in total. The van der Waals surface area contributed by atoms with Crippen LogP contribution in [0.5, 0.6) is 5.75 Å². The number of hydrogen-bond donors (Lipinski definition) is 3. The van der Waals surface area contributed by atoms with Gasteiger partial charge in [-0.05, 0) is 77.2 Å². The zero-order valence-electron chi connectivity index (χ0n) is 22.1. The summed E-state index contributed by atoms with van der Waals surface area (Å²) in [6, 6.07) is 23.3. The normalized spacial score (nSPS) is 15.1. The minimum Gasteiger partial charge on any atom is -0.508 e. The standard InChI is InChI=1S/C30H31N7O2/c1-20-16-21(2)27-23(17-20)18-26(30(39)31-27)28(29-32-33-34-37(29)19-22-6-4-3-5-7-22)36-14-12-35(13-15-36)24-8-10-25(38)11-9-24/h3-11,16-18,28,38H,12-15,19H2,1-2H3,(H,31,39)/p+1/t28-/m0/s1. The quantitative estimate of drug-likeness (QED) is 0.316. The number of rotatable bonds is 6. The summed E-state index contributed by atoms with van der Waals surface area (Å²) < 4.78 is 1.82. The van der Waals surface area contributed by atoms with E-state index in [0.29, 0.717) is 17.9 Å². The number of aromatic nitrogens is 5. The van der Waals surface area contributed by atoms with E-state index in [4.69, 9.17) is 0 Å². The molecule has 1 aliphatic heterocycles. The summed E-state index contributed by atoms with van der Waals surface area (Å²) >= 11 is 0. The number of hydrogen-bond acceptors (Lipinski definition) is 6. The van der Waals surface area contributed by atoms with Gasteiger partial charge in [-0.3, -0.25) is 4.79 Å². The summed E-state index contributed by atoms with van der Waals surface area (Å²) in [6.45, 7) is 7.83.